The molecule has 0 bridgehead atoms. The number of nitrogens with zero attached hydrogens (tertiary/aromatic N) is 2. The largest absolute Gasteiger partial charge is 0.508 e. The first-order valence-corrected chi connectivity index (χ1v) is 10.2. The van der Waals surface area contributed by atoms with Gasteiger partial charge >= 0.3 is 5.69 Å². The molecule has 1 aliphatic heterocycles. The Morgan fingerprint density at radius 3 is 2.57 bits per heavy atom. The van der Waals surface area contributed by atoms with Gasteiger partial charge in [0.15, 0.2) is 0 Å². The highest BCUT2D eigenvalue weighted by atomic mass is 16.3. The Balaban J connectivity index is 1.61. The minimum Gasteiger partial charge on any atom is -0.508 e. The summed E-state index contributed by atoms with van der Waals surface area (Å²) in [7, 11) is 0. The van der Waals surface area contributed by atoms with E-state index in [9.17, 15) is 14.7 Å². The van der Waals surface area contributed by atoms with Crippen LogP contribution in [0.2, 0.25) is 0 Å². The van der Waals surface area contributed by atoms with E-state index in [1.54, 1.807) is 43.3 Å². The molecule has 1 saturated heterocycles. The molecule has 1 atom stereocenters. The molecule has 1 aromatic heterocycles. The molecule has 2 heterocycles. The lowest BCUT2D eigenvalue weighted by atomic mass is 9.99. The summed E-state index contributed by atoms with van der Waals surface area (Å²) in [6, 6.07) is 14.2. The number of benzene rings is 2. The van der Waals surface area contributed by atoms with Crippen LogP contribution in [0.15, 0.2) is 53.3 Å². The van der Waals surface area contributed by atoms with Gasteiger partial charge in [0.1, 0.15) is 5.75 Å². The van der Waals surface area contributed by atoms with Gasteiger partial charge in [-0.1, -0.05) is 19.1 Å². The number of carbonyl (C=O) groups is 1. The first kappa shape index (κ1) is 19.9. The molecule has 0 spiro atoms. The molecule has 6 nitrogen and oxygen atoms in total. The van der Waals surface area contributed by atoms with E-state index in [1.807, 2.05) is 17.0 Å². The molecule has 30 heavy (non-hydrogen) atoms. The van der Waals surface area contributed by atoms with Crippen molar-refractivity contribution in [3.63, 3.8) is 0 Å². The highest BCUT2D eigenvalue weighted by Gasteiger charge is 2.22. The normalized spacial score (nSPS) is 16.5. The number of phenolic OH excluding ortho intramolecular Hbond substituents is 1. The smallest absolute Gasteiger partial charge is 0.345 e. The fourth-order valence-corrected chi connectivity index (χ4v) is 3.92. The van der Waals surface area contributed by atoms with Gasteiger partial charge < -0.3 is 15.0 Å². The highest BCUT2D eigenvalue weighted by molar-refractivity contribution is 5.94. The number of likely N-dealkylation sites (tertiary alicyclic amines) is 1. The molecule has 6 heteroatoms. The van der Waals surface area contributed by atoms with Crippen molar-refractivity contribution in [1.82, 2.24) is 14.9 Å². The summed E-state index contributed by atoms with van der Waals surface area (Å²) in [5.74, 6) is 0.787. The number of hydrogen-bond donors (Lipinski definition) is 2. The van der Waals surface area contributed by atoms with Crippen LogP contribution in [0, 0.1) is 12.8 Å². The molecule has 154 valence electrons. The summed E-state index contributed by atoms with van der Waals surface area (Å²) in [5, 5.41) is 9.74. The zero-order valence-corrected chi connectivity index (χ0v) is 17.2. The van der Waals surface area contributed by atoms with E-state index in [1.165, 1.54) is 6.42 Å². The molecular formula is C24H25N3O3. The maximum absolute atomic E-state index is 12.8. The minimum atomic E-state index is -0.448. The second-order valence-electron chi connectivity index (χ2n) is 8.06. The Morgan fingerprint density at radius 2 is 1.87 bits per heavy atom. The number of nitrogens with one attached hydrogen (secondary N) is 1. The third-order valence-corrected chi connectivity index (χ3v) is 5.62. The van der Waals surface area contributed by atoms with Gasteiger partial charge in [0.25, 0.3) is 5.91 Å². The molecule has 0 saturated carbocycles. The Morgan fingerprint density at radius 1 is 1.13 bits per heavy atom. The van der Waals surface area contributed by atoms with Crippen molar-refractivity contribution in [3.8, 4) is 28.3 Å². The van der Waals surface area contributed by atoms with Crippen molar-refractivity contribution in [3.05, 3.63) is 70.1 Å². The van der Waals surface area contributed by atoms with Crippen LogP contribution < -0.4 is 5.69 Å². The predicted octanol–water partition coefficient (Wildman–Crippen LogP) is 3.99. The van der Waals surface area contributed by atoms with Crippen molar-refractivity contribution in [2.45, 2.75) is 26.7 Å². The van der Waals surface area contributed by atoms with E-state index in [4.69, 9.17) is 0 Å². The maximum atomic E-state index is 12.8. The monoisotopic (exact) mass is 403 g/mol. The number of hydrogen-bond acceptors (Lipinski definition) is 4. The summed E-state index contributed by atoms with van der Waals surface area (Å²) < 4.78 is 0. The second kappa shape index (κ2) is 8.14. The molecule has 1 unspecified atom stereocenters. The molecule has 1 fully saturated rings. The van der Waals surface area contributed by atoms with Crippen molar-refractivity contribution >= 4 is 5.91 Å². The van der Waals surface area contributed by atoms with Crippen molar-refractivity contribution in [1.29, 1.82) is 0 Å². The van der Waals surface area contributed by atoms with Gasteiger partial charge in [0.05, 0.1) is 11.4 Å². The molecule has 0 aliphatic carbocycles. The van der Waals surface area contributed by atoms with Crippen LogP contribution in [0.25, 0.3) is 22.5 Å². The molecule has 3 aromatic rings. The summed E-state index contributed by atoms with van der Waals surface area (Å²) in [6.45, 7) is 5.58. The van der Waals surface area contributed by atoms with E-state index in [0.717, 1.165) is 30.6 Å². The second-order valence-corrected chi connectivity index (χ2v) is 8.06. The number of piperidine rings is 1. The summed E-state index contributed by atoms with van der Waals surface area (Å²) >= 11 is 0. The molecule has 0 radical (unpaired) electrons. The van der Waals surface area contributed by atoms with E-state index in [2.05, 4.69) is 16.9 Å². The van der Waals surface area contributed by atoms with Gasteiger partial charge in [-0.05, 0) is 73.2 Å². The van der Waals surface area contributed by atoms with Gasteiger partial charge in [0, 0.05) is 24.2 Å². The van der Waals surface area contributed by atoms with E-state index >= 15 is 0 Å². The maximum Gasteiger partial charge on any atom is 0.345 e. The number of rotatable bonds is 3. The zero-order chi connectivity index (χ0) is 21.3. The zero-order valence-electron chi connectivity index (χ0n) is 17.2. The number of aromatic nitrogens is 2. The standard InChI is InChI=1S/C24H25N3O3/c1-15-4-3-11-27(14-15)23(29)18-7-5-17(6-8-18)20-13-21(26-24(30)25-20)19-9-10-22(28)16(2)12-19/h5-10,12-13,15,28H,3-4,11,14H2,1-2H3,(H,25,26,30). The average molecular weight is 403 g/mol. The number of aromatic amines is 1. The Bertz CT molecular complexity index is 1140. The number of aryl methyl sites for hydroxylation is 1. The number of amides is 1. The van der Waals surface area contributed by atoms with Crippen LogP contribution in [0.3, 0.4) is 0 Å². The van der Waals surface area contributed by atoms with Crippen LogP contribution in [-0.2, 0) is 0 Å². The van der Waals surface area contributed by atoms with Crippen molar-refractivity contribution in [2.24, 2.45) is 5.92 Å². The van der Waals surface area contributed by atoms with Gasteiger partial charge in [0.2, 0.25) is 0 Å². The van der Waals surface area contributed by atoms with E-state index in [0.29, 0.717) is 28.4 Å². The fraction of sp³-hybridized carbons (Fsp3) is 0.292. The summed E-state index contributed by atoms with van der Waals surface area (Å²) in [4.78, 5) is 33.7. The van der Waals surface area contributed by atoms with Crippen LogP contribution in [0.1, 0.15) is 35.7 Å². The van der Waals surface area contributed by atoms with Gasteiger partial charge in [-0.2, -0.15) is 4.98 Å². The number of phenols is 1. The first-order valence-electron chi connectivity index (χ1n) is 10.2. The average Bonchev–Trinajstić information content (AvgIpc) is 2.75. The fourth-order valence-electron chi connectivity index (χ4n) is 3.92. The molecule has 1 amide bonds. The third-order valence-electron chi connectivity index (χ3n) is 5.62. The summed E-state index contributed by atoms with van der Waals surface area (Å²) in [6.07, 6.45) is 2.21. The molecule has 4 rings (SSSR count). The van der Waals surface area contributed by atoms with E-state index < -0.39 is 5.69 Å². The molecular weight excluding hydrogens is 378 g/mol. The Hall–Kier alpha value is -3.41. The minimum absolute atomic E-state index is 0.0524. The lowest BCUT2D eigenvalue weighted by Gasteiger charge is -2.31. The number of aromatic hydroxyl groups is 1. The first-order chi connectivity index (χ1) is 14.4. The van der Waals surface area contributed by atoms with Crippen LogP contribution in [0.5, 0.6) is 5.75 Å². The van der Waals surface area contributed by atoms with Gasteiger partial charge in [-0.25, -0.2) is 4.79 Å². The number of H-pyrrole nitrogens is 1. The lowest BCUT2D eigenvalue weighted by Crippen LogP contribution is -2.39. The Labute approximate surface area is 175 Å². The van der Waals surface area contributed by atoms with Crippen LogP contribution in [-0.4, -0.2) is 39.0 Å². The summed E-state index contributed by atoms with van der Waals surface area (Å²) in [5.41, 5.74) is 3.62. The molecule has 1 aliphatic rings. The molecule has 2 N–H and O–H groups in total. The SMILES string of the molecule is Cc1cc(-c2cc(-c3ccc(C(=O)N4CCCC(C)C4)cc3)[nH]c(=O)n2)ccc1O. The molecule has 2 aromatic carbocycles. The number of carbonyl (C=O) groups excluding carboxylic acids is 1. The topological polar surface area (TPSA) is 86.3 Å². The van der Waals surface area contributed by atoms with Crippen LogP contribution >= 0.6 is 0 Å². The predicted molar refractivity (Wildman–Crippen MR) is 116 cm³/mol. The Kier molecular flexibility index (Phi) is 5.40. The van der Waals surface area contributed by atoms with Gasteiger partial charge in [-0.15, -0.1) is 0 Å². The third kappa shape index (κ3) is 4.13. The van der Waals surface area contributed by atoms with Gasteiger partial charge in [-0.3, -0.25) is 4.79 Å². The van der Waals surface area contributed by atoms with Crippen LogP contribution in [0.4, 0.5) is 0 Å². The quantitative estimate of drug-likeness (QED) is 0.692. The van der Waals surface area contributed by atoms with Crippen molar-refractivity contribution < 1.29 is 9.90 Å². The van der Waals surface area contributed by atoms with Crippen molar-refractivity contribution in [2.75, 3.05) is 13.1 Å². The lowest BCUT2D eigenvalue weighted by molar-refractivity contribution is 0.0683. The van der Waals surface area contributed by atoms with E-state index in [-0.39, 0.29) is 11.7 Å². The highest BCUT2D eigenvalue weighted by Crippen LogP contribution is 2.26.